The lowest BCUT2D eigenvalue weighted by molar-refractivity contribution is -0.133. The quantitative estimate of drug-likeness (QED) is 0.792. The second kappa shape index (κ2) is 7.79. The monoisotopic (exact) mass is 265 g/mol. The van der Waals surface area contributed by atoms with Crippen LogP contribution in [0.1, 0.15) is 32.3 Å². The van der Waals surface area contributed by atoms with Crippen LogP contribution in [0, 0.1) is 0 Å². The summed E-state index contributed by atoms with van der Waals surface area (Å²) in [4.78, 5) is 14.0. The van der Waals surface area contributed by atoms with Crippen LogP contribution in [0.3, 0.4) is 0 Å². The summed E-state index contributed by atoms with van der Waals surface area (Å²) in [6.45, 7) is 4.37. The fourth-order valence-electron chi connectivity index (χ4n) is 2.27. The summed E-state index contributed by atoms with van der Waals surface area (Å²) in [6, 6.07) is 7.00. The first-order valence-corrected chi connectivity index (χ1v) is 6.81. The Morgan fingerprint density at radius 3 is 2.42 bits per heavy atom. The molecule has 0 saturated carbocycles. The molecule has 1 rings (SSSR count). The number of carbonyl (C=O) groups excluding carboxylic acids is 1. The van der Waals surface area contributed by atoms with E-state index in [0.717, 1.165) is 12.8 Å². The predicted octanol–water partition coefficient (Wildman–Crippen LogP) is 1.94. The molecule has 0 aliphatic heterocycles. The smallest absolute Gasteiger partial charge is 0.227 e. The number of aliphatic hydroxyl groups is 1. The molecule has 0 aliphatic carbocycles. The van der Waals surface area contributed by atoms with Gasteiger partial charge in [0.1, 0.15) is 5.75 Å². The molecule has 0 aromatic heterocycles. The van der Waals surface area contributed by atoms with Crippen LogP contribution in [0.2, 0.25) is 0 Å². The number of aliphatic hydroxyl groups excluding tert-OH is 1. The Labute approximate surface area is 114 Å². The number of amides is 1. The van der Waals surface area contributed by atoms with E-state index < -0.39 is 0 Å². The van der Waals surface area contributed by atoms with Crippen molar-refractivity contribution < 1.29 is 15.0 Å². The van der Waals surface area contributed by atoms with Gasteiger partial charge < -0.3 is 15.1 Å². The van der Waals surface area contributed by atoms with Crippen LogP contribution < -0.4 is 0 Å². The Bertz CT molecular complexity index is 402. The molecule has 0 heterocycles. The van der Waals surface area contributed by atoms with Crippen LogP contribution in [0.5, 0.6) is 5.75 Å². The predicted molar refractivity (Wildman–Crippen MR) is 75.0 cm³/mol. The normalized spacial score (nSPS) is 10.7. The Morgan fingerprint density at radius 1 is 1.26 bits per heavy atom. The molecule has 0 spiro atoms. The van der Waals surface area contributed by atoms with Crippen molar-refractivity contribution in [2.24, 2.45) is 0 Å². The second-order valence-corrected chi connectivity index (χ2v) is 4.59. The van der Waals surface area contributed by atoms with Crippen LogP contribution in [0.25, 0.3) is 0 Å². The fraction of sp³-hybridized carbons (Fsp3) is 0.533. The summed E-state index contributed by atoms with van der Waals surface area (Å²) in [5.41, 5.74) is 0.626. The van der Waals surface area contributed by atoms with Gasteiger partial charge in [-0.3, -0.25) is 4.79 Å². The van der Waals surface area contributed by atoms with Crippen molar-refractivity contribution in [3.05, 3.63) is 29.8 Å². The van der Waals surface area contributed by atoms with E-state index in [1.54, 1.807) is 29.2 Å². The van der Waals surface area contributed by atoms with Gasteiger partial charge in [-0.25, -0.2) is 0 Å². The number of aromatic hydroxyl groups is 1. The zero-order valence-electron chi connectivity index (χ0n) is 11.7. The highest BCUT2D eigenvalue weighted by Gasteiger charge is 2.21. The van der Waals surface area contributed by atoms with Gasteiger partial charge in [0.25, 0.3) is 0 Å². The summed E-state index contributed by atoms with van der Waals surface area (Å²) in [5.74, 6) is 0.0913. The maximum Gasteiger partial charge on any atom is 0.227 e. The molecule has 4 heteroatoms. The minimum atomic E-state index is -0.0516. The molecule has 0 atom stereocenters. The van der Waals surface area contributed by atoms with E-state index in [-0.39, 0.29) is 30.7 Å². The van der Waals surface area contributed by atoms with E-state index in [9.17, 15) is 9.90 Å². The average Bonchev–Trinajstić information content (AvgIpc) is 2.41. The Kier molecular flexibility index (Phi) is 6.36. The molecule has 19 heavy (non-hydrogen) atoms. The van der Waals surface area contributed by atoms with Crippen molar-refractivity contribution in [2.75, 3.05) is 13.2 Å². The highest BCUT2D eigenvalue weighted by Crippen LogP contribution is 2.18. The Hall–Kier alpha value is -1.55. The third kappa shape index (κ3) is 4.24. The van der Waals surface area contributed by atoms with Crippen LogP contribution in [0.4, 0.5) is 0 Å². The van der Waals surface area contributed by atoms with Gasteiger partial charge >= 0.3 is 0 Å². The van der Waals surface area contributed by atoms with Gasteiger partial charge in [0.15, 0.2) is 0 Å². The number of phenolic OH excluding ortho intramolecular Hbond substituents is 1. The third-order valence-electron chi connectivity index (χ3n) is 3.38. The topological polar surface area (TPSA) is 60.8 Å². The molecular weight excluding hydrogens is 242 g/mol. The summed E-state index contributed by atoms with van der Waals surface area (Å²) < 4.78 is 0. The van der Waals surface area contributed by atoms with Crippen molar-refractivity contribution in [3.8, 4) is 5.75 Å². The van der Waals surface area contributed by atoms with Gasteiger partial charge in [-0.1, -0.05) is 32.0 Å². The number of hydrogen-bond acceptors (Lipinski definition) is 3. The number of hydrogen-bond donors (Lipinski definition) is 2. The van der Waals surface area contributed by atoms with E-state index in [2.05, 4.69) is 0 Å². The summed E-state index contributed by atoms with van der Waals surface area (Å²) in [7, 11) is 0. The SMILES string of the molecule is CCC(CC)N(CCO)C(=O)Cc1ccccc1O. The lowest BCUT2D eigenvalue weighted by Gasteiger charge is -2.30. The minimum Gasteiger partial charge on any atom is -0.508 e. The van der Waals surface area contributed by atoms with E-state index in [4.69, 9.17) is 5.11 Å². The first-order chi connectivity index (χ1) is 9.13. The molecule has 0 radical (unpaired) electrons. The summed E-state index contributed by atoms with van der Waals surface area (Å²) in [5, 5.41) is 18.8. The second-order valence-electron chi connectivity index (χ2n) is 4.59. The Morgan fingerprint density at radius 2 is 1.89 bits per heavy atom. The largest absolute Gasteiger partial charge is 0.508 e. The molecule has 0 fully saturated rings. The lowest BCUT2D eigenvalue weighted by Crippen LogP contribution is -2.42. The summed E-state index contributed by atoms with van der Waals surface area (Å²) >= 11 is 0. The maximum atomic E-state index is 12.3. The Balaban J connectivity index is 2.80. The van der Waals surface area contributed by atoms with Crippen molar-refractivity contribution in [1.29, 1.82) is 0 Å². The molecule has 106 valence electrons. The van der Waals surface area contributed by atoms with E-state index in [1.165, 1.54) is 0 Å². The molecule has 0 bridgehead atoms. The van der Waals surface area contributed by atoms with Crippen LogP contribution in [-0.4, -0.2) is 40.2 Å². The first kappa shape index (κ1) is 15.5. The van der Waals surface area contributed by atoms with E-state index in [0.29, 0.717) is 12.1 Å². The molecule has 1 aromatic carbocycles. The van der Waals surface area contributed by atoms with Crippen LogP contribution >= 0.6 is 0 Å². The summed E-state index contributed by atoms with van der Waals surface area (Å²) in [6.07, 6.45) is 1.90. The standard InChI is InChI=1S/C15H23NO3/c1-3-13(4-2)16(9-10-17)15(19)11-12-7-5-6-8-14(12)18/h5-8,13,17-18H,3-4,9-11H2,1-2H3. The lowest BCUT2D eigenvalue weighted by atomic mass is 10.1. The molecule has 1 amide bonds. The van der Waals surface area contributed by atoms with Crippen molar-refractivity contribution in [2.45, 2.75) is 39.2 Å². The number of para-hydroxylation sites is 1. The number of rotatable bonds is 7. The van der Waals surface area contributed by atoms with Gasteiger partial charge in [0.05, 0.1) is 13.0 Å². The van der Waals surface area contributed by atoms with Crippen molar-refractivity contribution in [1.82, 2.24) is 4.90 Å². The van der Waals surface area contributed by atoms with Crippen molar-refractivity contribution in [3.63, 3.8) is 0 Å². The molecule has 0 aliphatic rings. The third-order valence-corrected chi connectivity index (χ3v) is 3.38. The van der Waals surface area contributed by atoms with Gasteiger partial charge in [-0.05, 0) is 18.9 Å². The highest BCUT2D eigenvalue weighted by molar-refractivity contribution is 5.79. The minimum absolute atomic E-state index is 0.0387. The average molecular weight is 265 g/mol. The number of benzene rings is 1. The highest BCUT2D eigenvalue weighted by atomic mass is 16.3. The first-order valence-electron chi connectivity index (χ1n) is 6.81. The van der Waals surface area contributed by atoms with E-state index in [1.807, 2.05) is 13.8 Å². The molecule has 4 nitrogen and oxygen atoms in total. The number of carbonyl (C=O) groups is 1. The van der Waals surface area contributed by atoms with Crippen molar-refractivity contribution >= 4 is 5.91 Å². The van der Waals surface area contributed by atoms with Gasteiger partial charge in [-0.2, -0.15) is 0 Å². The van der Waals surface area contributed by atoms with E-state index >= 15 is 0 Å². The maximum absolute atomic E-state index is 12.3. The number of phenols is 1. The van der Waals surface area contributed by atoms with Crippen LogP contribution in [0.15, 0.2) is 24.3 Å². The molecule has 1 aromatic rings. The van der Waals surface area contributed by atoms with Gasteiger partial charge in [0, 0.05) is 18.2 Å². The van der Waals surface area contributed by atoms with Gasteiger partial charge in [0.2, 0.25) is 5.91 Å². The molecule has 0 saturated heterocycles. The fourth-order valence-corrected chi connectivity index (χ4v) is 2.27. The van der Waals surface area contributed by atoms with Gasteiger partial charge in [-0.15, -0.1) is 0 Å². The zero-order valence-corrected chi connectivity index (χ0v) is 11.7. The molecule has 0 unspecified atom stereocenters. The molecular formula is C15H23NO3. The van der Waals surface area contributed by atoms with Crippen LogP contribution in [-0.2, 0) is 11.2 Å². The molecule has 2 N–H and O–H groups in total. The zero-order chi connectivity index (χ0) is 14.3. The number of nitrogens with zero attached hydrogens (tertiary/aromatic N) is 1.